The maximum absolute atomic E-state index is 11.8. The molecule has 0 atom stereocenters. The van der Waals surface area contributed by atoms with Crippen molar-refractivity contribution >= 4 is 40.9 Å². The summed E-state index contributed by atoms with van der Waals surface area (Å²) in [6.07, 6.45) is 1.53. The fraction of sp³-hybridized carbons (Fsp3) is 0.167. The minimum absolute atomic E-state index is 0.0133. The van der Waals surface area contributed by atoms with E-state index >= 15 is 0 Å². The number of carbonyl (C=O) groups excluding carboxylic acids is 2. The van der Waals surface area contributed by atoms with Crippen molar-refractivity contribution in [3.8, 4) is 11.5 Å². The highest BCUT2D eigenvalue weighted by Crippen LogP contribution is 2.21. The first-order valence-electron chi connectivity index (χ1n) is 7.88. The largest absolute Gasteiger partial charge is 0.461 e. The van der Waals surface area contributed by atoms with Crippen LogP contribution < -0.4 is 5.32 Å². The van der Waals surface area contributed by atoms with Gasteiger partial charge in [0, 0.05) is 16.8 Å². The summed E-state index contributed by atoms with van der Waals surface area (Å²) in [4.78, 5) is 23.6. The van der Waals surface area contributed by atoms with Crippen LogP contribution in [-0.2, 0) is 20.9 Å². The van der Waals surface area contributed by atoms with E-state index in [0.29, 0.717) is 27.9 Å². The third-order valence-corrected chi connectivity index (χ3v) is 4.44. The molecule has 1 aromatic carbocycles. The van der Waals surface area contributed by atoms with E-state index < -0.39 is 5.97 Å². The van der Waals surface area contributed by atoms with Crippen LogP contribution in [0.1, 0.15) is 5.69 Å². The van der Waals surface area contributed by atoms with E-state index in [9.17, 15) is 9.59 Å². The average Bonchev–Trinajstić information content (AvgIpc) is 3.33. The van der Waals surface area contributed by atoms with Gasteiger partial charge in [0.25, 0.3) is 0 Å². The molecule has 0 saturated heterocycles. The van der Waals surface area contributed by atoms with Gasteiger partial charge in [0.05, 0.1) is 17.8 Å². The Morgan fingerprint density at radius 2 is 1.96 bits per heavy atom. The first kappa shape index (κ1) is 19.1. The summed E-state index contributed by atoms with van der Waals surface area (Å²) in [5.74, 6) is 0.527. The van der Waals surface area contributed by atoms with Crippen molar-refractivity contribution in [1.29, 1.82) is 0 Å². The second-order valence-electron chi connectivity index (χ2n) is 5.37. The zero-order valence-corrected chi connectivity index (χ0v) is 15.6. The number of nitrogens with zero attached hydrogens (tertiary/aromatic N) is 1. The number of esters is 1. The predicted molar refractivity (Wildman–Crippen MR) is 101 cm³/mol. The van der Waals surface area contributed by atoms with Crippen molar-refractivity contribution in [2.45, 2.75) is 6.61 Å². The summed E-state index contributed by atoms with van der Waals surface area (Å²) in [7, 11) is 0. The smallest absolute Gasteiger partial charge is 0.316 e. The quantitative estimate of drug-likeness (QED) is 0.565. The zero-order chi connectivity index (χ0) is 19.1. The van der Waals surface area contributed by atoms with Crippen molar-refractivity contribution in [3.63, 3.8) is 0 Å². The third kappa shape index (κ3) is 5.90. The highest BCUT2D eigenvalue weighted by atomic mass is 35.5. The Balaban J connectivity index is 1.35. The Hall–Kier alpha value is -2.71. The summed E-state index contributed by atoms with van der Waals surface area (Å²) >= 11 is 6.94. The number of thioether (sulfide) groups is 1. The van der Waals surface area contributed by atoms with E-state index in [1.807, 2.05) is 0 Å². The molecule has 2 aromatic heterocycles. The number of benzene rings is 1. The maximum atomic E-state index is 11.8. The molecule has 2 heterocycles. The Morgan fingerprint density at radius 3 is 2.70 bits per heavy atom. The van der Waals surface area contributed by atoms with Crippen molar-refractivity contribution < 1.29 is 23.3 Å². The summed E-state index contributed by atoms with van der Waals surface area (Å²) in [5.41, 5.74) is 1.12. The van der Waals surface area contributed by atoms with E-state index in [-0.39, 0.29) is 24.0 Å². The fourth-order valence-corrected chi connectivity index (χ4v) is 2.80. The van der Waals surface area contributed by atoms with Crippen molar-refractivity contribution in [2.24, 2.45) is 0 Å². The first-order valence-corrected chi connectivity index (χ1v) is 9.41. The second-order valence-corrected chi connectivity index (χ2v) is 6.79. The van der Waals surface area contributed by atoms with Crippen LogP contribution in [0.2, 0.25) is 5.02 Å². The van der Waals surface area contributed by atoms with Gasteiger partial charge in [-0.1, -0.05) is 16.8 Å². The minimum atomic E-state index is -0.443. The second kappa shape index (κ2) is 9.29. The molecule has 3 aromatic rings. The molecule has 0 bridgehead atoms. The lowest BCUT2D eigenvalue weighted by Gasteiger charge is -2.05. The van der Waals surface area contributed by atoms with Crippen LogP contribution in [0.5, 0.6) is 0 Å². The molecule has 7 nitrogen and oxygen atoms in total. The van der Waals surface area contributed by atoms with Gasteiger partial charge < -0.3 is 19.0 Å². The van der Waals surface area contributed by atoms with E-state index in [0.717, 1.165) is 11.8 Å². The van der Waals surface area contributed by atoms with Crippen molar-refractivity contribution in [1.82, 2.24) is 5.16 Å². The van der Waals surface area contributed by atoms with Crippen LogP contribution >= 0.6 is 23.4 Å². The monoisotopic (exact) mass is 406 g/mol. The van der Waals surface area contributed by atoms with Crippen LogP contribution in [0.4, 0.5) is 5.69 Å². The molecule has 0 unspecified atom stereocenters. The Morgan fingerprint density at radius 1 is 1.15 bits per heavy atom. The molecule has 0 aliphatic rings. The van der Waals surface area contributed by atoms with Gasteiger partial charge in [0.2, 0.25) is 11.7 Å². The number of ether oxygens (including phenoxy) is 1. The zero-order valence-electron chi connectivity index (χ0n) is 14.0. The molecule has 3 rings (SSSR count). The van der Waals surface area contributed by atoms with Gasteiger partial charge in [0.15, 0.2) is 5.76 Å². The van der Waals surface area contributed by atoms with Crippen molar-refractivity contribution in [3.05, 3.63) is 59.4 Å². The molecular formula is C18H15ClN2O5S. The number of nitrogens with one attached hydrogen (secondary N) is 1. The summed E-state index contributed by atoms with van der Waals surface area (Å²) in [6, 6.07) is 11.9. The molecule has 0 radical (unpaired) electrons. The molecule has 0 saturated carbocycles. The number of carbonyl (C=O) groups is 2. The van der Waals surface area contributed by atoms with Gasteiger partial charge in [0.1, 0.15) is 12.3 Å². The summed E-state index contributed by atoms with van der Waals surface area (Å²) in [6.45, 7) is -0.0133. The predicted octanol–water partition coefficient (Wildman–Crippen LogP) is 4.00. The normalized spacial score (nSPS) is 10.6. The fourth-order valence-electron chi connectivity index (χ4n) is 2.07. The number of aromatic nitrogens is 1. The van der Waals surface area contributed by atoms with Gasteiger partial charge >= 0.3 is 5.97 Å². The van der Waals surface area contributed by atoms with E-state index in [1.54, 1.807) is 42.5 Å². The van der Waals surface area contributed by atoms with Gasteiger partial charge in [-0.15, -0.1) is 11.8 Å². The van der Waals surface area contributed by atoms with Gasteiger partial charge in [-0.3, -0.25) is 9.59 Å². The maximum Gasteiger partial charge on any atom is 0.316 e. The molecule has 140 valence electrons. The molecule has 1 amide bonds. The summed E-state index contributed by atoms with van der Waals surface area (Å²) < 4.78 is 15.4. The topological polar surface area (TPSA) is 94.6 Å². The van der Waals surface area contributed by atoms with Gasteiger partial charge in [-0.05, 0) is 36.4 Å². The number of furan rings is 1. The van der Waals surface area contributed by atoms with Gasteiger partial charge in [-0.2, -0.15) is 0 Å². The first-order chi connectivity index (χ1) is 13.1. The lowest BCUT2D eigenvalue weighted by Crippen LogP contribution is -2.16. The highest BCUT2D eigenvalue weighted by molar-refractivity contribution is 8.00. The minimum Gasteiger partial charge on any atom is -0.461 e. The lowest BCUT2D eigenvalue weighted by molar-refractivity contribution is -0.141. The van der Waals surface area contributed by atoms with Crippen LogP contribution in [0.25, 0.3) is 11.5 Å². The van der Waals surface area contributed by atoms with Crippen LogP contribution in [0.3, 0.4) is 0 Å². The Bertz CT molecular complexity index is 893. The molecular weight excluding hydrogens is 392 g/mol. The van der Waals surface area contributed by atoms with Gasteiger partial charge in [-0.25, -0.2) is 0 Å². The van der Waals surface area contributed by atoms with E-state index in [1.165, 1.54) is 6.26 Å². The summed E-state index contributed by atoms with van der Waals surface area (Å²) in [5, 5.41) is 7.12. The van der Waals surface area contributed by atoms with E-state index in [2.05, 4.69) is 10.5 Å². The standard InChI is InChI=1S/C18H15ClN2O5S/c19-12-3-5-13(6-4-12)20-17(22)10-27-11-18(23)25-9-14-8-16(26-21-14)15-2-1-7-24-15/h1-8H,9-11H2,(H,20,22). The van der Waals surface area contributed by atoms with Crippen LogP contribution in [0.15, 0.2) is 57.7 Å². The lowest BCUT2D eigenvalue weighted by atomic mass is 10.3. The number of amides is 1. The Kier molecular flexibility index (Phi) is 6.56. The molecule has 0 spiro atoms. The highest BCUT2D eigenvalue weighted by Gasteiger charge is 2.12. The number of hydrogen-bond acceptors (Lipinski definition) is 7. The molecule has 1 N–H and O–H groups in total. The number of hydrogen-bond donors (Lipinski definition) is 1. The van der Waals surface area contributed by atoms with E-state index in [4.69, 9.17) is 25.3 Å². The van der Waals surface area contributed by atoms with Crippen molar-refractivity contribution in [2.75, 3.05) is 16.8 Å². The molecule has 27 heavy (non-hydrogen) atoms. The molecule has 9 heteroatoms. The SMILES string of the molecule is O=C(CSCC(=O)OCc1cc(-c2ccco2)on1)Nc1ccc(Cl)cc1. The number of halogens is 1. The molecule has 0 aliphatic heterocycles. The average molecular weight is 407 g/mol. The molecule has 0 aliphatic carbocycles. The number of anilines is 1. The van der Waals surface area contributed by atoms with Crippen LogP contribution in [0, 0.1) is 0 Å². The Labute approximate surface area is 164 Å². The third-order valence-electron chi connectivity index (χ3n) is 3.29. The molecule has 0 fully saturated rings. The number of rotatable bonds is 8. The van der Waals surface area contributed by atoms with Crippen LogP contribution in [-0.4, -0.2) is 28.5 Å².